The molecule has 2 aromatic heterocycles. The zero-order valence-electron chi connectivity index (χ0n) is 12.4. The molecule has 0 unspecified atom stereocenters. The smallest absolute Gasteiger partial charge is 0.163 e. The molecule has 0 aliphatic carbocycles. The molecule has 0 amide bonds. The third kappa shape index (κ3) is 4.08. The number of hydrogen-bond acceptors (Lipinski definition) is 4. The van der Waals surface area contributed by atoms with Crippen LogP contribution in [0.2, 0.25) is 0 Å². The van der Waals surface area contributed by atoms with Crippen LogP contribution in [0.5, 0.6) is 0 Å². The lowest BCUT2D eigenvalue weighted by atomic mass is 10.2. The Morgan fingerprint density at radius 2 is 1.30 bits per heavy atom. The van der Waals surface area contributed by atoms with Gasteiger partial charge in [-0.2, -0.15) is 0 Å². The van der Waals surface area contributed by atoms with Gasteiger partial charge in [0, 0.05) is 18.5 Å². The van der Waals surface area contributed by atoms with Gasteiger partial charge in [0.25, 0.3) is 0 Å². The topological polar surface area (TPSA) is 49.8 Å². The quantitative estimate of drug-likeness (QED) is 0.712. The highest BCUT2D eigenvalue weighted by Crippen LogP contribution is 2.16. The third-order valence-corrected chi connectivity index (χ3v) is 3.23. The molecule has 0 spiro atoms. The van der Waals surface area contributed by atoms with E-state index in [2.05, 4.69) is 46.6 Å². The van der Waals surface area contributed by atoms with Crippen molar-refractivity contribution < 1.29 is 0 Å². The van der Waals surface area contributed by atoms with E-state index in [1.54, 1.807) is 0 Å². The summed E-state index contributed by atoms with van der Waals surface area (Å²) in [5, 5.41) is 7.75. The van der Waals surface area contributed by atoms with Crippen LogP contribution in [0.1, 0.15) is 39.5 Å². The van der Waals surface area contributed by atoms with Crippen LogP contribution in [0, 0.1) is 0 Å². The summed E-state index contributed by atoms with van der Waals surface area (Å²) < 4.78 is 0. The van der Waals surface area contributed by atoms with Gasteiger partial charge in [0.1, 0.15) is 11.6 Å². The van der Waals surface area contributed by atoms with E-state index >= 15 is 0 Å². The number of nitrogens with one attached hydrogen (secondary N) is 2. The van der Waals surface area contributed by atoms with Gasteiger partial charge in [-0.15, -0.1) is 0 Å². The molecule has 20 heavy (non-hydrogen) atoms. The van der Waals surface area contributed by atoms with Crippen molar-refractivity contribution in [3.63, 3.8) is 0 Å². The maximum Gasteiger partial charge on any atom is 0.163 e. The third-order valence-electron chi connectivity index (χ3n) is 3.23. The molecule has 0 bridgehead atoms. The van der Waals surface area contributed by atoms with Crippen LogP contribution < -0.4 is 10.6 Å². The Kier molecular flexibility index (Phi) is 5.59. The van der Waals surface area contributed by atoms with Crippen LogP contribution in [0.25, 0.3) is 11.0 Å². The second-order valence-electron chi connectivity index (χ2n) is 5.00. The minimum absolute atomic E-state index is 0.799. The number of rotatable bonds is 8. The minimum Gasteiger partial charge on any atom is -0.370 e. The van der Waals surface area contributed by atoms with Gasteiger partial charge in [-0.05, 0) is 37.1 Å². The molecule has 0 aliphatic rings. The highest BCUT2D eigenvalue weighted by Gasteiger charge is 2.01. The first-order valence-corrected chi connectivity index (χ1v) is 7.59. The number of nitrogens with zero attached hydrogens (tertiary/aromatic N) is 2. The molecule has 2 rings (SSSR count). The van der Waals surface area contributed by atoms with Gasteiger partial charge < -0.3 is 10.6 Å². The summed E-state index contributed by atoms with van der Waals surface area (Å²) in [7, 11) is 0. The Morgan fingerprint density at radius 3 is 1.75 bits per heavy atom. The Balaban J connectivity index is 2.08. The van der Waals surface area contributed by atoms with Crippen molar-refractivity contribution in [3.8, 4) is 0 Å². The highest BCUT2D eigenvalue weighted by molar-refractivity contribution is 5.78. The fraction of sp³-hybridized carbons (Fsp3) is 0.500. The maximum atomic E-state index is 4.57. The van der Waals surface area contributed by atoms with Crippen LogP contribution in [-0.2, 0) is 0 Å². The first-order chi connectivity index (χ1) is 9.83. The molecule has 0 saturated heterocycles. The number of pyridine rings is 2. The first-order valence-electron chi connectivity index (χ1n) is 7.59. The SMILES string of the molecule is CCCCNc1ccc2ccc(NCCCC)nc2n1. The van der Waals surface area contributed by atoms with Gasteiger partial charge in [-0.25, -0.2) is 9.97 Å². The highest BCUT2D eigenvalue weighted by atomic mass is 15.0. The molecule has 4 heteroatoms. The van der Waals surface area contributed by atoms with Crippen LogP contribution >= 0.6 is 0 Å². The van der Waals surface area contributed by atoms with E-state index < -0.39 is 0 Å². The second kappa shape index (κ2) is 7.68. The van der Waals surface area contributed by atoms with Crippen molar-refractivity contribution in [3.05, 3.63) is 24.3 Å². The van der Waals surface area contributed by atoms with Crippen molar-refractivity contribution in [1.29, 1.82) is 0 Å². The zero-order chi connectivity index (χ0) is 14.2. The van der Waals surface area contributed by atoms with Gasteiger partial charge in [-0.3, -0.25) is 0 Å². The number of aromatic nitrogens is 2. The summed E-state index contributed by atoms with van der Waals surface area (Å²) in [4.78, 5) is 9.15. The molecule has 0 atom stereocenters. The van der Waals surface area contributed by atoms with Crippen LogP contribution in [-0.4, -0.2) is 23.1 Å². The van der Waals surface area contributed by atoms with Gasteiger partial charge >= 0.3 is 0 Å². The predicted molar refractivity (Wildman–Crippen MR) is 86.3 cm³/mol. The Labute approximate surface area is 121 Å². The molecule has 0 radical (unpaired) electrons. The fourth-order valence-corrected chi connectivity index (χ4v) is 1.98. The van der Waals surface area contributed by atoms with Crippen LogP contribution in [0.3, 0.4) is 0 Å². The first kappa shape index (κ1) is 14.6. The molecule has 0 aliphatic heterocycles. The summed E-state index contributed by atoms with van der Waals surface area (Å²) in [6, 6.07) is 8.17. The predicted octanol–water partition coefficient (Wildman–Crippen LogP) is 4.05. The van der Waals surface area contributed by atoms with Gasteiger partial charge in [0.05, 0.1) is 0 Å². The normalized spacial score (nSPS) is 10.7. The fourth-order valence-electron chi connectivity index (χ4n) is 1.98. The second-order valence-corrected chi connectivity index (χ2v) is 5.00. The van der Waals surface area contributed by atoms with Gasteiger partial charge in [0.2, 0.25) is 0 Å². The van der Waals surface area contributed by atoms with Crippen LogP contribution in [0.4, 0.5) is 11.6 Å². The van der Waals surface area contributed by atoms with Gasteiger partial charge in [0.15, 0.2) is 5.65 Å². The molecule has 0 fully saturated rings. The van der Waals surface area contributed by atoms with Crippen molar-refractivity contribution >= 4 is 22.7 Å². The lowest BCUT2D eigenvalue weighted by Gasteiger charge is -2.08. The zero-order valence-corrected chi connectivity index (χ0v) is 12.4. The maximum absolute atomic E-state index is 4.57. The molecule has 108 valence electrons. The van der Waals surface area contributed by atoms with E-state index in [9.17, 15) is 0 Å². The lowest BCUT2D eigenvalue weighted by molar-refractivity contribution is 0.830. The molecule has 0 saturated carbocycles. The van der Waals surface area contributed by atoms with E-state index in [4.69, 9.17) is 0 Å². The summed E-state index contributed by atoms with van der Waals surface area (Å²) in [6.07, 6.45) is 4.69. The summed E-state index contributed by atoms with van der Waals surface area (Å²) >= 11 is 0. The van der Waals surface area contributed by atoms with E-state index in [0.717, 1.165) is 48.6 Å². The van der Waals surface area contributed by atoms with E-state index in [1.807, 2.05) is 12.1 Å². The monoisotopic (exact) mass is 272 g/mol. The van der Waals surface area contributed by atoms with E-state index in [0.29, 0.717) is 0 Å². The van der Waals surface area contributed by atoms with E-state index in [1.165, 1.54) is 12.8 Å². The Morgan fingerprint density at radius 1 is 0.800 bits per heavy atom. The molecular formula is C16H24N4. The summed E-state index contributed by atoms with van der Waals surface area (Å²) in [5.74, 6) is 1.81. The molecule has 2 N–H and O–H groups in total. The average molecular weight is 272 g/mol. The van der Waals surface area contributed by atoms with Crippen molar-refractivity contribution in [2.24, 2.45) is 0 Å². The standard InChI is InChI=1S/C16H24N4/c1-3-5-11-17-14-9-7-13-8-10-15(18-12-6-4-2)20-16(13)19-14/h7-10H,3-6,11-12H2,1-2H3,(H2,17,18,19,20). The Bertz CT molecular complexity index is 494. The van der Waals surface area contributed by atoms with Gasteiger partial charge in [-0.1, -0.05) is 26.7 Å². The van der Waals surface area contributed by atoms with Crippen LogP contribution in [0.15, 0.2) is 24.3 Å². The largest absolute Gasteiger partial charge is 0.370 e. The Hall–Kier alpha value is -1.84. The molecule has 2 aromatic rings. The van der Waals surface area contributed by atoms with Crippen molar-refractivity contribution in [1.82, 2.24) is 9.97 Å². The molecule has 0 aromatic carbocycles. The number of hydrogen-bond donors (Lipinski definition) is 2. The summed E-state index contributed by atoms with van der Waals surface area (Å²) in [5.41, 5.74) is 0.799. The number of unbranched alkanes of at least 4 members (excludes halogenated alkanes) is 2. The molecular weight excluding hydrogens is 248 g/mol. The molecule has 4 nitrogen and oxygen atoms in total. The summed E-state index contributed by atoms with van der Waals surface area (Å²) in [6.45, 7) is 6.30. The van der Waals surface area contributed by atoms with Crippen molar-refractivity contribution in [2.45, 2.75) is 39.5 Å². The number of anilines is 2. The van der Waals surface area contributed by atoms with E-state index in [-0.39, 0.29) is 0 Å². The minimum atomic E-state index is 0.799. The average Bonchev–Trinajstić information content (AvgIpc) is 2.47. The lowest BCUT2D eigenvalue weighted by Crippen LogP contribution is -2.05. The molecule has 2 heterocycles. The number of fused-ring (bicyclic) bond motifs is 1. The van der Waals surface area contributed by atoms with Crippen molar-refractivity contribution in [2.75, 3.05) is 23.7 Å².